The third kappa shape index (κ3) is 3.89. The van der Waals surface area contributed by atoms with Gasteiger partial charge in [-0.3, -0.25) is 4.79 Å². The maximum Gasteiger partial charge on any atom is 0.252 e. The molecule has 1 unspecified atom stereocenters. The average Bonchev–Trinajstić information content (AvgIpc) is 2.65. The Morgan fingerprint density at radius 1 is 1.28 bits per heavy atom. The molecule has 154 valence electrons. The Morgan fingerprint density at radius 2 is 2.07 bits per heavy atom. The quantitative estimate of drug-likeness (QED) is 0.815. The molecule has 2 atom stereocenters. The summed E-state index contributed by atoms with van der Waals surface area (Å²) in [6, 6.07) is 2.70. The topological polar surface area (TPSA) is 83.0 Å². The molecule has 4 heterocycles. The summed E-state index contributed by atoms with van der Waals surface area (Å²) in [4.78, 5) is 26.4. The fraction of sp³-hybridized carbons (Fsp3) is 0.474. The number of piperazine rings is 1. The van der Waals surface area contributed by atoms with E-state index >= 15 is 0 Å². The molecule has 1 fully saturated rings. The lowest BCUT2D eigenvalue weighted by atomic mass is 9.85. The van der Waals surface area contributed by atoms with Gasteiger partial charge in [-0.15, -0.1) is 0 Å². The molecule has 2 aliphatic heterocycles. The number of anilines is 2. The number of rotatable bonds is 3. The number of fused-ring (bicyclic) bond motifs is 1. The first-order valence-electron chi connectivity index (χ1n) is 9.41. The van der Waals surface area contributed by atoms with Gasteiger partial charge in [-0.2, -0.15) is 0 Å². The number of nitrogens with zero attached hydrogens (tertiary/aromatic N) is 4. The molecule has 0 bridgehead atoms. The maximum absolute atomic E-state index is 14.4. The molecule has 10 heteroatoms. The molecule has 29 heavy (non-hydrogen) atoms. The van der Waals surface area contributed by atoms with E-state index in [1.54, 1.807) is 0 Å². The van der Waals surface area contributed by atoms with Crippen LogP contribution in [0.1, 0.15) is 31.7 Å². The van der Waals surface area contributed by atoms with E-state index in [-0.39, 0.29) is 28.8 Å². The van der Waals surface area contributed by atoms with E-state index in [9.17, 15) is 18.0 Å². The van der Waals surface area contributed by atoms with Crippen LogP contribution in [0.5, 0.6) is 0 Å². The molecule has 0 spiro atoms. The van der Waals surface area contributed by atoms with Crippen molar-refractivity contribution >= 4 is 17.5 Å². The van der Waals surface area contributed by atoms with Crippen molar-refractivity contribution < 1.29 is 18.0 Å². The van der Waals surface area contributed by atoms with Crippen molar-refractivity contribution in [3.8, 4) is 11.4 Å². The Kier molecular flexibility index (Phi) is 4.89. The van der Waals surface area contributed by atoms with Crippen LogP contribution >= 0.6 is 0 Å². The van der Waals surface area contributed by atoms with Crippen molar-refractivity contribution in [2.45, 2.75) is 38.2 Å². The average molecular weight is 406 g/mol. The zero-order chi connectivity index (χ0) is 20.8. The fourth-order valence-electron chi connectivity index (χ4n) is 3.84. The molecule has 2 N–H and O–H groups in total. The molecule has 0 aliphatic carbocycles. The summed E-state index contributed by atoms with van der Waals surface area (Å²) >= 11 is 0. The first kappa shape index (κ1) is 19.6. The van der Waals surface area contributed by atoms with Crippen LogP contribution < -0.4 is 15.5 Å². The fourth-order valence-corrected chi connectivity index (χ4v) is 3.84. The third-order valence-electron chi connectivity index (χ3n) is 5.20. The highest BCUT2D eigenvalue weighted by molar-refractivity contribution is 5.95. The zero-order valence-electron chi connectivity index (χ0n) is 16.0. The lowest BCUT2D eigenvalue weighted by molar-refractivity contribution is -0.119. The summed E-state index contributed by atoms with van der Waals surface area (Å²) in [5.41, 5.74) is 0.318. The number of nitrogens with one attached hydrogen (secondary N) is 2. The molecule has 2 aromatic rings. The first-order chi connectivity index (χ1) is 13.7. The van der Waals surface area contributed by atoms with E-state index in [1.165, 1.54) is 12.1 Å². The second-order valence-electron chi connectivity index (χ2n) is 7.58. The highest BCUT2D eigenvalue weighted by atomic mass is 19.3. The van der Waals surface area contributed by atoms with Gasteiger partial charge >= 0.3 is 0 Å². The van der Waals surface area contributed by atoms with Crippen molar-refractivity contribution in [1.82, 2.24) is 20.3 Å². The number of halogens is 3. The van der Waals surface area contributed by atoms with Gasteiger partial charge in [-0.25, -0.2) is 28.1 Å². The Hall–Kier alpha value is -2.75. The summed E-state index contributed by atoms with van der Waals surface area (Å²) in [7, 11) is 0. The smallest absolute Gasteiger partial charge is 0.252 e. The van der Waals surface area contributed by atoms with Crippen molar-refractivity contribution in [1.29, 1.82) is 0 Å². The lowest BCUT2D eigenvalue weighted by Crippen LogP contribution is -2.49. The number of alkyl halides is 2. The highest BCUT2D eigenvalue weighted by Gasteiger charge is 2.43. The van der Waals surface area contributed by atoms with E-state index in [0.717, 1.165) is 19.8 Å². The second-order valence-corrected chi connectivity index (χ2v) is 7.58. The largest absolute Gasteiger partial charge is 0.354 e. The minimum absolute atomic E-state index is 0.0150. The maximum atomic E-state index is 14.4. The molecule has 4 rings (SSSR count). The monoisotopic (exact) mass is 406 g/mol. The first-order valence-corrected chi connectivity index (χ1v) is 9.41. The summed E-state index contributed by atoms with van der Waals surface area (Å²) in [6.07, 6.45) is 0.748. The van der Waals surface area contributed by atoms with Crippen LogP contribution in [0.25, 0.3) is 11.4 Å². The summed E-state index contributed by atoms with van der Waals surface area (Å²) < 4.78 is 43.1. The van der Waals surface area contributed by atoms with Gasteiger partial charge in [0.05, 0.1) is 17.3 Å². The molecule has 1 saturated heterocycles. The molecular weight excluding hydrogens is 385 g/mol. The van der Waals surface area contributed by atoms with Crippen LogP contribution in [-0.2, 0) is 4.79 Å². The van der Waals surface area contributed by atoms with Crippen molar-refractivity contribution in [3.63, 3.8) is 0 Å². The lowest BCUT2D eigenvalue weighted by Gasteiger charge is -2.33. The van der Waals surface area contributed by atoms with Gasteiger partial charge in [0.2, 0.25) is 5.91 Å². The van der Waals surface area contributed by atoms with Gasteiger partial charge in [0.25, 0.3) is 5.92 Å². The van der Waals surface area contributed by atoms with Crippen LogP contribution in [0.2, 0.25) is 0 Å². The number of carbonyl (C=O) groups excluding carboxylic acids is 1. The number of hydrogen-bond donors (Lipinski definition) is 2. The number of pyridine rings is 1. The standard InChI is InChI=1S/C19H21F3N6O/c1-10-8-28(4-3-23-10)14-6-11(20)5-13(26-14)17-16-12(19(2,21)22)7-15(29)27-18(16)25-9-24-17/h5-6,9-10,12,23H,3-4,7-8H2,1-2H3,(H,24,25,27,29)/t10-,12?/m0/s1. The van der Waals surface area contributed by atoms with E-state index < -0.39 is 30.0 Å². The summed E-state index contributed by atoms with van der Waals surface area (Å²) in [5, 5.41) is 5.81. The molecule has 2 aromatic heterocycles. The summed E-state index contributed by atoms with van der Waals surface area (Å²) in [6.45, 7) is 4.79. The summed E-state index contributed by atoms with van der Waals surface area (Å²) in [5.74, 6) is -5.26. The predicted octanol–water partition coefficient (Wildman–Crippen LogP) is 2.56. The Balaban J connectivity index is 1.82. The zero-order valence-corrected chi connectivity index (χ0v) is 16.0. The molecule has 0 radical (unpaired) electrons. The van der Waals surface area contributed by atoms with E-state index in [2.05, 4.69) is 25.6 Å². The third-order valence-corrected chi connectivity index (χ3v) is 5.20. The minimum Gasteiger partial charge on any atom is -0.354 e. The van der Waals surface area contributed by atoms with Crippen molar-refractivity contribution in [2.24, 2.45) is 0 Å². The van der Waals surface area contributed by atoms with E-state index in [1.807, 2.05) is 11.8 Å². The molecular formula is C19H21F3N6O. The van der Waals surface area contributed by atoms with Gasteiger partial charge in [-0.05, 0) is 13.8 Å². The number of amides is 1. The van der Waals surface area contributed by atoms with Gasteiger partial charge in [-0.1, -0.05) is 0 Å². The van der Waals surface area contributed by atoms with Gasteiger partial charge in [0.15, 0.2) is 0 Å². The van der Waals surface area contributed by atoms with Crippen molar-refractivity contribution in [3.05, 3.63) is 29.8 Å². The predicted molar refractivity (Wildman–Crippen MR) is 102 cm³/mol. The Morgan fingerprint density at radius 3 is 2.79 bits per heavy atom. The normalized spacial score (nSPS) is 22.2. The van der Waals surface area contributed by atoms with Gasteiger partial charge in [0, 0.05) is 49.8 Å². The second kappa shape index (κ2) is 7.25. The number of aromatic nitrogens is 3. The van der Waals surface area contributed by atoms with Crippen LogP contribution in [-0.4, -0.2) is 52.5 Å². The Labute approximate surface area is 165 Å². The molecule has 7 nitrogen and oxygen atoms in total. The number of carbonyl (C=O) groups is 1. The van der Waals surface area contributed by atoms with E-state index in [0.29, 0.717) is 18.9 Å². The number of hydrogen-bond acceptors (Lipinski definition) is 6. The molecule has 0 aromatic carbocycles. The van der Waals surface area contributed by atoms with Gasteiger partial charge < -0.3 is 15.5 Å². The SMILES string of the molecule is C[C@H]1CN(c2cc(F)cc(-c3ncnc4c3C(C(C)(F)F)CC(=O)N4)n2)CCN1. The van der Waals surface area contributed by atoms with Crippen LogP contribution in [0.3, 0.4) is 0 Å². The van der Waals surface area contributed by atoms with Crippen molar-refractivity contribution in [2.75, 3.05) is 29.9 Å². The minimum atomic E-state index is -3.18. The highest BCUT2D eigenvalue weighted by Crippen LogP contribution is 2.45. The molecule has 2 aliphatic rings. The van der Waals surface area contributed by atoms with Crippen LogP contribution in [0, 0.1) is 5.82 Å². The van der Waals surface area contributed by atoms with E-state index in [4.69, 9.17) is 0 Å². The molecule has 0 saturated carbocycles. The van der Waals surface area contributed by atoms with Crippen LogP contribution in [0.15, 0.2) is 18.5 Å². The Bertz CT molecular complexity index is 948. The van der Waals surface area contributed by atoms with Gasteiger partial charge in [0.1, 0.15) is 23.8 Å². The van der Waals surface area contributed by atoms with Crippen LogP contribution in [0.4, 0.5) is 24.8 Å². The molecule has 1 amide bonds.